The quantitative estimate of drug-likeness (QED) is 0.384. The Morgan fingerprint density at radius 2 is 1.18 bits per heavy atom. The number of unbranched alkanes of at least 4 members (excludes halogenated alkanes) is 3. The number of carbonyl (C=O) groups is 2. The van der Waals surface area contributed by atoms with Crippen LogP contribution in [0.2, 0.25) is 0 Å². The first kappa shape index (κ1) is 18.9. The molecule has 4 N–H and O–H groups in total. The van der Waals surface area contributed by atoms with E-state index in [1.54, 1.807) is 0 Å². The zero-order chi connectivity index (χ0) is 12.6. The molecule has 0 aliphatic rings. The largest absolute Gasteiger partial charge is 1.00 e. The number of amides is 2. The molecule has 0 spiro atoms. The third kappa shape index (κ3) is 10.4. The number of hydrogen-bond acceptors (Lipinski definition) is 2. The van der Waals surface area contributed by atoms with Crippen molar-refractivity contribution >= 4 is 11.8 Å². The van der Waals surface area contributed by atoms with Crippen LogP contribution >= 0.6 is 0 Å². The Kier molecular flexibility index (Phi) is 11.9. The molecule has 0 bridgehead atoms. The van der Waals surface area contributed by atoms with Crippen molar-refractivity contribution in [3.05, 3.63) is 0 Å². The monoisotopic (exact) mass is 236 g/mol. The van der Waals surface area contributed by atoms with Crippen molar-refractivity contribution in [1.82, 2.24) is 0 Å². The maximum atomic E-state index is 10.8. The third-order valence-electron chi connectivity index (χ3n) is 3.00. The Morgan fingerprint density at radius 1 is 0.882 bits per heavy atom. The number of nitrogens with two attached hydrogens (primary N) is 2. The van der Waals surface area contributed by atoms with E-state index in [0.717, 1.165) is 38.5 Å². The molecule has 0 aromatic rings. The number of rotatable bonds is 9. The van der Waals surface area contributed by atoms with Gasteiger partial charge in [-0.15, -0.1) is 0 Å². The first-order chi connectivity index (χ1) is 7.45. The Balaban J connectivity index is -0.00000112. The first-order valence-corrected chi connectivity index (χ1v) is 6.03. The predicted octanol–water partition coefficient (Wildman–Crippen LogP) is -1.31. The zero-order valence-electron chi connectivity index (χ0n) is 12.4. The summed E-state index contributed by atoms with van der Waals surface area (Å²) in [4.78, 5) is 21.5. The maximum Gasteiger partial charge on any atom is 1.00 e. The summed E-state index contributed by atoms with van der Waals surface area (Å²) in [6.07, 6.45) is 5.94. The fourth-order valence-electron chi connectivity index (χ4n) is 1.54. The van der Waals surface area contributed by atoms with E-state index in [1.807, 2.05) is 13.8 Å². The van der Waals surface area contributed by atoms with Gasteiger partial charge in [-0.3, -0.25) is 9.59 Å². The Bertz CT molecular complexity index is 216. The topological polar surface area (TPSA) is 86.2 Å². The molecule has 0 radical (unpaired) electrons. The summed E-state index contributed by atoms with van der Waals surface area (Å²) in [5.74, 6) is -0.487. The van der Waals surface area contributed by atoms with Crippen LogP contribution in [-0.2, 0) is 9.59 Å². The molecule has 2 atom stereocenters. The Hall–Kier alpha value is -0.463. The molecule has 96 valence electrons. The standard InChI is InChI=1S/C12H24N2O2.Li.H/c1-9(11(13)15)7-5-3-4-6-8-10(2)12(14)16;;/h9-10H,3-8H2,1-2H3,(H2,13,15)(H2,14,16);;/q;+1;-1. The zero-order valence-corrected chi connectivity index (χ0v) is 11.4. The average Bonchev–Trinajstić information content (AvgIpc) is 2.21. The summed E-state index contributed by atoms with van der Waals surface area (Å²) in [5, 5.41) is 0. The normalized spacial score (nSPS) is 13.5. The van der Waals surface area contributed by atoms with E-state index in [4.69, 9.17) is 11.5 Å². The van der Waals surface area contributed by atoms with Crippen LogP contribution in [0.4, 0.5) is 0 Å². The van der Waals surface area contributed by atoms with Gasteiger partial charge in [-0.05, 0) is 12.8 Å². The Labute approximate surface area is 118 Å². The average molecular weight is 236 g/mol. The van der Waals surface area contributed by atoms with Gasteiger partial charge in [0.2, 0.25) is 11.8 Å². The molecule has 0 rings (SSSR count). The van der Waals surface area contributed by atoms with Crippen molar-refractivity contribution in [1.29, 1.82) is 0 Å². The summed E-state index contributed by atoms with van der Waals surface area (Å²) in [6, 6.07) is 0. The Morgan fingerprint density at radius 3 is 1.41 bits per heavy atom. The maximum absolute atomic E-state index is 10.8. The fourth-order valence-corrected chi connectivity index (χ4v) is 1.54. The van der Waals surface area contributed by atoms with Crippen molar-refractivity contribution in [2.75, 3.05) is 0 Å². The van der Waals surface area contributed by atoms with Gasteiger partial charge in [0.15, 0.2) is 0 Å². The summed E-state index contributed by atoms with van der Waals surface area (Å²) < 4.78 is 0. The van der Waals surface area contributed by atoms with E-state index in [0.29, 0.717) is 0 Å². The number of hydrogen-bond donors (Lipinski definition) is 2. The van der Waals surface area contributed by atoms with Crippen molar-refractivity contribution in [2.24, 2.45) is 23.3 Å². The van der Waals surface area contributed by atoms with Gasteiger partial charge in [0.1, 0.15) is 0 Å². The minimum Gasteiger partial charge on any atom is -1.00 e. The molecule has 0 aromatic carbocycles. The van der Waals surface area contributed by atoms with Gasteiger partial charge in [-0.2, -0.15) is 0 Å². The molecule has 0 saturated heterocycles. The van der Waals surface area contributed by atoms with Crippen LogP contribution in [0.3, 0.4) is 0 Å². The molecule has 0 aliphatic heterocycles. The molecule has 5 heteroatoms. The number of primary amides is 2. The van der Waals surface area contributed by atoms with E-state index in [1.165, 1.54) is 0 Å². The van der Waals surface area contributed by atoms with Gasteiger partial charge in [0.25, 0.3) is 0 Å². The van der Waals surface area contributed by atoms with Crippen molar-refractivity contribution in [3.8, 4) is 0 Å². The van der Waals surface area contributed by atoms with Gasteiger partial charge in [0, 0.05) is 11.8 Å². The van der Waals surface area contributed by atoms with Crippen molar-refractivity contribution in [2.45, 2.75) is 52.4 Å². The van der Waals surface area contributed by atoms with Gasteiger partial charge in [-0.1, -0.05) is 39.5 Å². The summed E-state index contributed by atoms with van der Waals surface area (Å²) in [7, 11) is 0. The summed E-state index contributed by atoms with van der Waals surface area (Å²) >= 11 is 0. The third-order valence-corrected chi connectivity index (χ3v) is 3.00. The number of carbonyl (C=O) groups excluding carboxylic acids is 2. The van der Waals surface area contributed by atoms with E-state index in [9.17, 15) is 9.59 Å². The summed E-state index contributed by atoms with van der Waals surface area (Å²) in [5.41, 5.74) is 10.3. The molecular weight excluding hydrogens is 211 g/mol. The smallest absolute Gasteiger partial charge is 1.00 e. The van der Waals surface area contributed by atoms with Crippen LogP contribution in [0, 0.1) is 11.8 Å². The van der Waals surface area contributed by atoms with Gasteiger partial charge >= 0.3 is 18.9 Å². The van der Waals surface area contributed by atoms with Crippen LogP contribution in [0.25, 0.3) is 0 Å². The van der Waals surface area contributed by atoms with E-state index >= 15 is 0 Å². The predicted molar refractivity (Wildman–Crippen MR) is 65.5 cm³/mol. The van der Waals surface area contributed by atoms with Crippen molar-refractivity contribution in [3.63, 3.8) is 0 Å². The second kappa shape index (κ2) is 10.7. The van der Waals surface area contributed by atoms with E-state index in [-0.39, 0.29) is 43.9 Å². The van der Waals surface area contributed by atoms with Gasteiger partial charge in [0.05, 0.1) is 0 Å². The molecule has 0 aromatic heterocycles. The SMILES string of the molecule is CC(CCCCCCC(C)C(N)=O)C(N)=O.[H-].[Li+]. The molecular formula is C12H25LiN2O2. The fraction of sp³-hybridized carbons (Fsp3) is 0.833. The minimum atomic E-state index is -0.220. The minimum absolute atomic E-state index is 0. The molecule has 2 unspecified atom stereocenters. The van der Waals surface area contributed by atoms with E-state index in [2.05, 4.69) is 0 Å². The van der Waals surface area contributed by atoms with Crippen LogP contribution < -0.4 is 30.3 Å². The van der Waals surface area contributed by atoms with Crippen LogP contribution in [0.15, 0.2) is 0 Å². The molecule has 0 heterocycles. The molecule has 2 amide bonds. The molecule has 0 fully saturated rings. The van der Waals surface area contributed by atoms with Crippen LogP contribution in [0.5, 0.6) is 0 Å². The van der Waals surface area contributed by atoms with Gasteiger partial charge in [-0.25, -0.2) is 0 Å². The van der Waals surface area contributed by atoms with Crippen LogP contribution in [-0.4, -0.2) is 11.8 Å². The molecule has 0 saturated carbocycles. The second-order valence-electron chi connectivity index (χ2n) is 4.60. The van der Waals surface area contributed by atoms with E-state index < -0.39 is 0 Å². The molecule has 0 aliphatic carbocycles. The first-order valence-electron chi connectivity index (χ1n) is 6.03. The van der Waals surface area contributed by atoms with Crippen LogP contribution in [0.1, 0.15) is 53.8 Å². The summed E-state index contributed by atoms with van der Waals surface area (Å²) in [6.45, 7) is 3.72. The molecule has 17 heavy (non-hydrogen) atoms. The van der Waals surface area contributed by atoms with Gasteiger partial charge < -0.3 is 12.9 Å². The molecule has 4 nitrogen and oxygen atoms in total. The second-order valence-corrected chi connectivity index (χ2v) is 4.60. The van der Waals surface area contributed by atoms with Crippen molar-refractivity contribution < 1.29 is 29.9 Å².